The van der Waals surface area contributed by atoms with E-state index >= 15 is 0 Å². The third-order valence-electron chi connectivity index (χ3n) is 4.65. The minimum Gasteiger partial charge on any atom is -0.379 e. The molecule has 0 unspecified atom stereocenters. The van der Waals surface area contributed by atoms with Crippen LogP contribution in [0.2, 0.25) is 0 Å². The van der Waals surface area contributed by atoms with Gasteiger partial charge in [-0.05, 0) is 25.1 Å². The van der Waals surface area contributed by atoms with Crippen molar-refractivity contribution in [2.45, 2.75) is 11.8 Å². The Morgan fingerprint density at radius 1 is 1.12 bits per heavy atom. The van der Waals surface area contributed by atoms with E-state index in [-0.39, 0.29) is 10.8 Å². The number of ether oxygens (including phenoxy) is 1. The van der Waals surface area contributed by atoms with E-state index in [2.05, 4.69) is 0 Å². The summed E-state index contributed by atoms with van der Waals surface area (Å²) in [5.41, 5.74) is 1.36. The zero-order valence-corrected chi connectivity index (χ0v) is 14.2. The van der Waals surface area contributed by atoms with Crippen LogP contribution in [-0.2, 0) is 14.8 Å². The number of morpholine rings is 1. The molecule has 24 heavy (non-hydrogen) atoms. The van der Waals surface area contributed by atoms with Crippen molar-refractivity contribution in [3.8, 4) is 0 Å². The van der Waals surface area contributed by atoms with Crippen LogP contribution in [0.5, 0.6) is 0 Å². The molecule has 2 aliphatic rings. The van der Waals surface area contributed by atoms with Gasteiger partial charge in [-0.2, -0.15) is 4.31 Å². The number of hydrogen-bond acceptors (Lipinski definition) is 4. The molecule has 0 spiro atoms. The summed E-state index contributed by atoms with van der Waals surface area (Å²) in [5.74, 6) is -0.0704. The van der Waals surface area contributed by atoms with Crippen LogP contribution in [0.25, 0.3) is 10.8 Å². The SMILES string of the molecule is CCN1C(=O)c2cccc3c(S(=O)(=O)N4CCOCC4)ccc1c23. The molecule has 0 bridgehead atoms. The highest BCUT2D eigenvalue weighted by atomic mass is 32.2. The number of carbonyl (C=O) groups is 1. The van der Waals surface area contributed by atoms with Gasteiger partial charge in [0.15, 0.2) is 0 Å². The fraction of sp³-hybridized carbons (Fsp3) is 0.353. The third-order valence-corrected chi connectivity index (χ3v) is 6.61. The molecule has 1 saturated heterocycles. The van der Waals surface area contributed by atoms with Crippen LogP contribution in [0, 0.1) is 0 Å². The fourth-order valence-corrected chi connectivity index (χ4v) is 5.08. The summed E-state index contributed by atoms with van der Waals surface area (Å²) < 4.78 is 32.8. The summed E-state index contributed by atoms with van der Waals surface area (Å²) in [7, 11) is -3.61. The fourth-order valence-electron chi connectivity index (χ4n) is 3.48. The summed E-state index contributed by atoms with van der Waals surface area (Å²) >= 11 is 0. The Labute approximate surface area is 140 Å². The maximum Gasteiger partial charge on any atom is 0.258 e. The van der Waals surface area contributed by atoms with Crippen LogP contribution in [-0.4, -0.2) is 51.5 Å². The number of sulfonamides is 1. The zero-order chi connectivity index (χ0) is 16.9. The van der Waals surface area contributed by atoms with Crippen molar-refractivity contribution < 1.29 is 17.9 Å². The van der Waals surface area contributed by atoms with E-state index in [1.165, 1.54) is 4.31 Å². The first kappa shape index (κ1) is 15.6. The van der Waals surface area contributed by atoms with Crippen LogP contribution >= 0.6 is 0 Å². The molecule has 4 rings (SSSR count). The molecular formula is C17H18N2O4S. The second-order valence-corrected chi connectivity index (χ2v) is 7.78. The summed E-state index contributed by atoms with van der Waals surface area (Å²) in [6.45, 7) is 3.98. The maximum absolute atomic E-state index is 13.0. The maximum atomic E-state index is 13.0. The van der Waals surface area contributed by atoms with Gasteiger partial charge in [-0.15, -0.1) is 0 Å². The Morgan fingerprint density at radius 3 is 2.58 bits per heavy atom. The standard InChI is InChI=1S/C17H18N2O4S/c1-2-19-14-6-7-15(24(21,22)18-8-10-23-11-9-18)12-4-3-5-13(16(12)14)17(19)20/h3-7H,2,8-11H2,1H3. The van der Waals surface area contributed by atoms with Gasteiger partial charge in [0.25, 0.3) is 5.91 Å². The first-order valence-electron chi connectivity index (χ1n) is 8.01. The van der Waals surface area contributed by atoms with Gasteiger partial charge >= 0.3 is 0 Å². The number of amides is 1. The van der Waals surface area contributed by atoms with Gasteiger partial charge in [0, 0.05) is 36.0 Å². The average Bonchev–Trinajstić information content (AvgIpc) is 2.89. The van der Waals surface area contributed by atoms with E-state index in [4.69, 9.17) is 4.74 Å². The number of nitrogens with zero attached hydrogens (tertiary/aromatic N) is 2. The topological polar surface area (TPSA) is 66.9 Å². The highest BCUT2D eigenvalue weighted by Gasteiger charge is 2.33. The minimum absolute atomic E-state index is 0.0704. The Kier molecular flexibility index (Phi) is 3.59. The Hall–Kier alpha value is -1.96. The molecule has 0 saturated carbocycles. The lowest BCUT2D eigenvalue weighted by molar-refractivity contribution is 0.0730. The van der Waals surface area contributed by atoms with Crippen molar-refractivity contribution >= 4 is 32.4 Å². The molecule has 2 aromatic carbocycles. The Bertz CT molecular complexity index is 933. The highest BCUT2D eigenvalue weighted by molar-refractivity contribution is 7.89. The minimum atomic E-state index is -3.61. The quantitative estimate of drug-likeness (QED) is 0.850. The van der Waals surface area contributed by atoms with Crippen molar-refractivity contribution in [2.75, 3.05) is 37.7 Å². The molecule has 0 aliphatic carbocycles. The molecule has 0 atom stereocenters. The van der Waals surface area contributed by atoms with Crippen LogP contribution in [0.4, 0.5) is 5.69 Å². The van der Waals surface area contributed by atoms with Crippen molar-refractivity contribution in [1.29, 1.82) is 0 Å². The van der Waals surface area contributed by atoms with E-state index in [1.54, 1.807) is 35.2 Å². The van der Waals surface area contributed by atoms with Crippen molar-refractivity contribution in [1.82, 2.24) is 4.31 Å². The number of rotatable bonds is 3. The van der Waals surface area contributed by atoms with Crippen LogP contribution < -0.4 is 4.90 Å². The molecule has 2 aliphatic heterocycles. The second kappa shape index (κ2) is 5.54. The molecule has 2 heterocycles. The van der Waals surface area contributed by atoms with E-state index in [9.17, 15) is 13.2 Å². The Morgan fingerprint density at radius 2 is 1.88 bits per heavy atom. The second-order valence-electron chi connectivity index (χ2n) is 5.88. The highest BCUT2D eigenvalue weighted by Crippen LogP contribution is 2.40. The average molecular weight is 346 g/mol. The van der Waals surface area contributed by atoms with Crippen molar-refractivity contribution in [2.24, 2.45) is 0 Å². The van der Waals surface area contributed by atoms with Gasteiger partial charge in [-0.3, -0.25) is 4.79 Å². The van der Waals surface area contributed by atoms with Gasteiger partial charge in [-0.25, -0.2) is 8.42 Å². The normalized spacial score (nSPS) is 18.5. The predicted octanol–water partition coefficient (Wildman–Crippen LogP) is 1.84. The monoisotopic (exact) mass is 346 g/mol. The van der Waals surface area contributed by atoms with Gasteiger partial charge in [0.2, 0.25) is 10.0 Å². The van der Waals surface area contributed by atoms with Gasteiger partial charge in [0.1, 0.15) is 0 Å². The lowest BCUT2D eigenvalue weighted by Crippen LogP contribution is -2.40. The van der Waals surface area contributed by atoms with Crippen LogP contribution in [0.15, 0.2) is 35.2 Å². The van der Waals surface area contributed by atoms with Crippen LogP contribution in [0.3, 0.4) is 0 Å². The van der Waals surface area contributed by atoms with E-state index < -0.39 is 10.0 Å². The molecule has 126 valence electrons. The third kappa shape index (κ3) is 2.08. The summed E-state index contributed by atoms with van der Waals surface area (Å²) in [6.07, 6.45) is 0. The molecule has 0 N–H and O–H groups in total. The van der Waals surface area contributed by atoms with Crippen LogP contribution in [0.1, 0.15) is 17.3 Å². The molecule has 7 heteroatoms. The summed E-state index contributed by atoms with van der Waals surface area (Å²) in [4.78, 5) is 14.5. The van der Waals surface area contributed by atoms with Gasteiger partial charge in [-0.1, -0.05) is 12.1 Å². The van der Waals surface area contributed by atoms with Gasteiger partial charge < -0.3 is 9.64 Å². The zero-order valence-electron chi connectivity index (χ0n) is 13.4. The first-order chi connectivity index (χ1) is 11.6. The smallest absolute Gasteiger partial charge is 0.258 e. The molecule has 1 fully saturated rings. The molecular weight excluding hydrogens is 328 g/mol. The van der Waals surface area contributed by atoms with Crippen molar-refractivity contribution in [3.05, 3.63) is 35.9 Å². The lowest BCUT2D eigenvalue weighted by atomic mass is 10.1. The van der Waals surface area contributed by atoms with Crippen molar-refractivity contribution in [3.63, 3.8) is 0 Å². The van der Waals surface area contributed by atoms with E-state index in [0.717, 1.165) is 11.1 Å². The number of hydrogen-bond donors (Lipinski definition) is 0. The lowest BCUT2D eigenvalue weighted by Gasteiger charge is -2.26. The summed E-state index contributed by atoms with van der Waals surface area (Å²) in [5, 5.41) is 1.35. The molecule has 0 aromatic heterocycles. The Balaban J connectivity index is 1.94. The van der Waals surface area contributed by atoms with E-state index in [0.29, 0.717) is 43.8 Å². The summed E-state index contributed by atoms with van der Waals surface area (Å²) in [6, 6.07) is 8.65. The largest absolute Gasteiger partial charge is 0.379 e. The molecule has 0 radical (unpaired) electrons. The number of carbonyl (C=O) groups excluding carboxylic acids is 1. The molecule has 1 amide bonds. The van der Waals surface area contributed by atoms with E-state index in [1.807, 2.05) is 6.92 Å². The first-order valence-corrected chi connectivity index (χ1v) is 9.45. The molecule has 2 aromatic rings. The number of benzene rings is 2. The van der Waals surface area contributed by atoms with Gasteiger partial charge in [0.05, 0.1) is 23.8 Å². The number of anilines is 1. The predicted molar refractivity (Wildman–Crippen MR) is 90.9 cm³/mol. The molecule has 6 nitrogen and oxygen atoms in total.